The number of rotatable bonds is 6. The number of aryl methyl sites for hydroxylation is 1. The second kappa shape index (κ2) is 10.2. The second-order valence-corrected chi connectivity index (χ2v) is 14.3. The number of fused-ring (bicyclic) bond motifs is 7. The van der Waals surface area contributed by atoms with Crippen LogP contribution in [0.15, 0.2) is 6.07 Å². The number of morpholine rings is 1. The smallest absolute Gasteiger partial charge is 0.418 e. The number of piperidine rings is 1. The van der Waals surface area contributed by atoms with Crippen molar-refractivity contribution in [2.45, 2.75) is 88.6 Å². The molecule has 6 fully saturated rings. The van der Waals surface area contributed by atoms with Gasteiger partial charge in [-0.25, -0.2) is 14.4 Å². The summed E-state index contributed by atoms with van der Waals surface area (Å²) in [6.45, 7) is 6.71. The Hall–Kier alpha value is -3.56. The number of hydrogen-bond donors (Lipinski definition) is 2. The van der Waals surface area contributed by atoms with E-state index in [-0.39, 0.29) is 57.8 Å². The van der Waals surface area contributed by atoms with Gasteiger partial charge in [0.2, 0.25) is 5.88 Å². The highest BCUT2D eigenvalue weighted by atomic mass is 19.4. The molecule has 3 N–H and O–H groups in total. The van der Waals surface area contributed by atoms with Crippen LogP contribution in [0.2, 0.25) is 0 Å². The zero-order valence-electron chi connectivity index (χ0n) is 26.1. The molecule has 11 nitrogen and oxygen atoms in total. The maximum Gasteiger partial charge on any atom is 0.418 e. The van der Waals surface area contributed by atoms with Crippen LogP contribution in [0.4, 0.5) is 29.2 Å². The number of hydrogen-bond acceptors (Lipinski definition) is 11. The first-order valence-electron chi connectivity index (χ1n) is 16.4. The number of aromatic nitrogens is 4. The van der Waals surface area contributed by atoms with E-state index in [2.05, 4.69) is 30.1 Å². The van der Waals surface area contributed by atoms with Crippen molar-refractivity contribution in [1.82, 2.24) is 30.2 Å². The Morgan fingerprint density at radius 2 is 1.87 bits per heavy atom. The third-order valence-electron chi connectivity index (χ3n) is 10.8. The van der Waals surface area contributed by atoms with E-state index in [1.54, 1.807) is 0 Å². The van der Waals surface area contributed by atoms with Crippen LogP contribution >= 0.6 is 0 Å². The second-order valence-electron chi connectivity index (χ2n) is 14.3. The Kier molecular flexibility index (Phi) is 6.43. The lowest BCUT2D eigenvalue weighted by Crippen LogP contribution is -2.62. The number of halogens is 4. The van der Waals surface area contributed by atoms with Crippen LogP contribution in [0.3, 0.4) is 0 Å². The first-order valence-corrected chi connectivity index (χ1v) is 16.4. The lowest BCUT2D eigenvalue weighted by atomic mass is 9.97. The number of ether oxygens (including phenoxy) is 3. The van der Waals surface area contributed by atoms with Crippen LogP contribution in [0.25, 0.3) is 22.2 Å². The van der Waals surface area contributed by atoms with Crippen LogP contribution in [-0.4, -0.2) is 94.1 Å². The SMILES string of the molecule is Cc1nc(N)cc(-c2nc3c4c(nc(OCC5(CN6CC7CC(C6)O7)CC5)nc4c2F)N2C[C@H]4CC[C@H](N4)[C@H]2[C@H](C)O3)c1C(F)(F)F. The number of nitrogen functional groups attached to an aromatic ring is 1. The average molecular weight is 657 g/mol. The molecule has 6 atom stereocenters. The normalized spacial score (nSPS) is 30.4. The van der Waals surface area contributed by atoms with E-state index < -0.39 is 34.9 Å². The molecule has 0 aromatic carbocycles. The molecule has 0 radical (unpaired) electrons. The number of piperazine rings is 1. The molecule has 7 aliphatic rings. The molecule has 47 heavy (non-hydrogen) atoms. The summed E-state index contributed by atoms with van der Waals surface area (Å²) in [5, 5.41) is 3.87. The van der Waals surface area contributed by atoms with Crippen LogP contribution in [-0.2, 0) is 10.9 Å². The average Bonchev–Trinajstić information content (AvgIpc) is 3.68. The molecule has 1 aliphatic carbocycles. The third-order valence-corrected chi connectivity index (χ3v) is 10.8. The maximum atomic E-state index is 16.8. The molecular weight excluding hydrogens is 620 g/mol. The summed E-state index contributed by atoms with van der Waals surface area (Å²) in [6, 6.07) is 1.10. The molecule has 250 valence electrons. The number of alkyl halides is 3. The number of anilines is 2. The first-order chi connectivity index (χ1) is 22.4. The van der Waals surface area contributed by atoms with E-state index in [9.17, 15) is 13.2 Å². The van der Waals surface area contributed by atoms with Crippen LogP contribution in [0, 0.1) is 18.2 Å². The van der Waals surface area contributed by atoms with E-state index in [1.807, 2.05) is 6.92 Å². The van der Waals surface area contributed by atoms with Crippen molar-refractivity contribution in [3.8, 4) is 23.1 Å². The third kappa shape index (κ3) is 4.87. The molecule has 6 aliphatic heterocycles. The highest BCUT2D eigenvalue weighted by Crippen LogP contribution is 2.49. The fourth-order valence-corrected chi connectivity index (χ4v) is 8.56. The molecule has 3 aromatic heterocycles. The fourth-order valence-electron chi connectivity index (χ4n) is 8.56. The van der Waals surface area contributed by atoms with Gasteiger partial charge in [0.25, 0.3) is 0 Å². The summed E-state index contributed by atoms with van der Waals surface area (Å²) in [7, 11) is 0. The van der Waals surface area contributed by atoms with Gasteiger partial charge in [-0.1, -0.05) is 0 Å². The quantitative estimate of drug-likeness (QED) is 0.376. The van der Waals surface area contributed by atoms with Crippen LogP contribution in [0.5, 0.6) is 11.9 Å². The van der Waals surface area contributed by atoms with Gasteiger partial charge in [0, 0.05) is 55.7 Å². The maximum absolute atomic E-state index is 16.8. The van der Waals surface area contributed by atoms with Crippen molar-refractivity contribution < 1.29 is 31.8 Å². The lowest BCUT2D eigenvalue weighted by Gasteiger charge is -2.48. The predicted octanol–water partition coefficient (Wildman–Crippen LogP) is 3.86. The number of nitrogens with zero attached hydrogens (tertiary/aromatic N) is 6. The molecule has 1 saturated carbocycles. The minimum atomic E-state index is -4.85. The molecule has 9 heterocycles. The van der Waals surface area contributed by atoms with Gasteiger partial charge in [-0.3, -0.25) is 4.90 Å². The molecule has 0 amide bonds. The number of pyridine rings is 2. The van der Waals surface area contributed by atoms with Gasteiger partial charge in [0.15, 0.2) is 5.82 Å². The van der Waals surface area contributed by atoms with Crippen molar-refractivity contribution >= 4 is 22.5 Å². The zero-order valence-corrected chi connectivity index (χ0v) is 26.1. The molecule has 4 bridgehead atoms. The molecule has 2 unspecified atom stereocenters. The molecule has 15 heteroatoms. The van der Waals surface area contributed by atoms with E-state index in [0.717, 1.165) is 57.8 Å². The van der Waals surface area contributed by atoms with Crippen LogP contribution < -0.4 is 25.4 Å². The number of nitrogens with one attached hydrogen (secondary N) is 1. The summed E-state index contributed by atoms with van der Waals surface area (Å²) in [5.41, 5.74) is 3.03. The van der Waals surface area contributed by atoms with Crippen molar-refractivity contribution in [2.75, 3.05) is 43.4 Å². The van der Waals surface area contributed by atoms with Crippen molar-refractivity contribution in [3.05, 3.63) is 23.1 Å². The standard InChI is InChI=1S/C32H36F4N8O3/c1-14-23(32(34,35)36)19(8-21(37)38-14)25-24(33)26-22-28(44-9-16-3-4-20(39-16)27(44)15(2)46-29(22)40-25)42-30(41-26)45-13-31(5-6-31)12-43-10-17-7-18(11-43)47-17/h8,15-18,20,27,39H,3-7,9-13H2,1-2H3,(H2,37,38)/t15-,16+,17?,18?,20-,27+/m0/s1. The monoisotopic (exact) mass is 656 g/mol. The molecular formula is C32H36F4N8O3. The minimum absolute atomic E-state index is 0.0220. The van der Waals surface area contributed by atoms with Crippen molar-refractivity contribution in [1.29, 1.82) is 0 Å². The summed E-state index contributed by atoms with van der Waals surface area (Å²) in [6.07, 6.45) is 0.319. The predicted molar refractivity (Wildman–Crippen MR) is 163 cm³/mol. The highest BCUT2D eigenvalue weighted by molar-refractivity contribution is 5.97. The molecule has 5 saturated heterocycles. The van der Waals surface area contributed by atoms with E-state index in [1.165, 1.54) is 6.92 Å². The Morgan fingerprint density at radius 1 is 1.11 bits per heavy atom. The fraction of sp³-hybridized carbons (Fsp3) is 0.625. The van der Waals surface area contributed by atoms with Gasteiger partial charge in [0.1, 0.15) is 34.3 Å². The highest BCUT2D eigenvalue weighted by Gasteiger charge is 2.50. The minimum Gasteiger partial charge on any atom is -0.472 e. The van der Waals surface area contributed by atoms with Gasteiger partial charge < -0.3 is 30.2 Å². The summed E-state index contributed by atoms with van der Waals surface area (Å²) >= 11 is 0. The van der Waals surface area contributed by atoms with E-state index in [4.69, 9.17) is 24.9 Å². The van der Waals surface area contributed by atoms with Gasteiger partial charge in [0.05, 0.1) is 36.1 Å². The Balaban J connectivity index is 1.16. The lowest BCUT2D eigenvalue weighted by molar-refractivity contribution is -0.183. The van der Waals surface area contributed by atoms with E-state index in [0.29, 0.717) is 31.2 Å². The van der Waals surface area contributed by atoms with Crippen LogP contribution in [0.1, 0.15) is 50.3 Å². The Bertz CT molecular complexity index is 1770. The van der Waals surface area contributed by atoms with Crippen molar-refractivity contribution in [3.63, 3.8) is 0 Å². The van der Waals surface area contributed by atoms with Gasteiger partial charge in [-0.2, -0.15) is 23.1 Å². The summed E-state index contributed by atoms with van der Waals surface area (Å²) in [4.78, 5) is 22.2. The molecule has 10 rings (SSSR count). The van der Waals surface area contributed by atoms with Gasteiger partial charge in [-0.15, -0.1) is 0 Å². The topological polar surface area (TPSA) is 124 Å². The molecule has 0 spiro atoms. The Labute approximate surface area is 268 Å². The summed E-state index contributed by atoms with van der Waals surface area (Å²) in [5.74, 6) is -0.827. The van der Waals surface area contributed by atoms with Gasteiger partial charge in [-0.05, 0) is 45.6 Å². The first kappa shape index (κ1) is 29.6. The molecule has 3 aromatic rings. The van der Waals surface area contributed by atoms with Crippen molar-refractivity contribution in [2.24, 2.45) is 5.41 Å². The zero-order chi connectivity index (χ0) is 32.4. The van der Waals surface area contributed by atoms with E-state index >= 15 is 4.39 Å². The largest absolute Gasteiger partial charge is 0.472 e. The Morgan fingerprint density at radius 3 is 2.60 bits per heavy atom. The summed E-state index contributed by atoms with van der Waals surface area (Å²) < 4.78 is 78.4. The van der Waals surface area contributed by atoms with Gasteiger partial charge >= 0.3 is 12.2 Å². The number of nitrogens with two attached hydrogens (primary N) is 1.